The van der Waals surface area contributed by atoms with Gasteiger partial charge in [0.2, 0.25) is 0 Å². The largest absolute Gasteiger partial charge is 0.481 e. The molecular formula is C29H27NO2. The van der Waals surface area contributed by atoms with E-state index in [-0.39, 0.29) is 6.42 Å². The number of benzene rings is 3. The highest BCUT2D eigenvalue weighted by atomic mass is 16.4. The number of carbonyl (C=O) groups is 1. The first-order chi connectivity index (χ1) is 15.5. The van der Waals surface area contributed by atoms with Gasteiger partial charge >= 0.3 is 5.97 Å². The summed E-state index contributed by atoms with van der Waals surface area (Å²) >= 11 is 0. The third kappa shape index (κ3) is 4.73. The third-order valence-electron chi connectivity index (χ3n) is 5.41. The van der Waals surface area contributed by atoms with Gasteiger partial charge in [0.05, 0.1) is 11.4 Å². The van der Waals surface area contributed by atoms with E-state index in [0.29, 0.717) is 6.42 Å². The van der Waals surface area contributed by atoms with Crippen molar-refractivity contribution < 1.29 is 9.90 Å². The summed E-state index contributed by atoms with van der Waals surface area (Å²) in [5.41, 5.74) is 8.94. The molecule has 0 aliphatic carbocycles. The van der Waals surface area contributed by atoms with Gasteiger partial charge in [-0.25, -0.2) is 0 Å². The number of nitrogens with zero attached hydrogens (tertiary/aromatic N) is 1. The summed E-state index contributed by atoms with van der Waals surface area (Å²) in [5, 5.41) is 9.11. The van der Waals surface area contributed by atoms with Crippen LogP contribution in [0, 0.1) is 0 Å². The number of aliphatic carboxylic acids is 1. The van der Waals surface area contributed by atoms with Crippen LogP contribution in [-0.2, 0) is 11.2 Å². The van der Waals surface area contributed by atoms with Crippen molar-refractivity contribution in [3.63, 3.8) is 0 Å². The maximum absolute atomic E-state index is 11.1. The standard InChI is InChI=1S/C29H27NO2/c1-21(2)18-28-26(23-11-5-3-6-12-23)20-27(24-13-7-4-8-14-24)30(28)25-15-9-10-22(19-25)16-17-29(31)32/h3-15,18-20H,16-17H2,1-2H3,(H,31,32). The molecule has 0 amide bonds. The monoisotopic (exact) mass is 421 g/mol. The number of rotatable bonds is 7. The van der Waals surface area contributed by atoms with E-state index in [4.69, 9.17) is 5.11 Å². The van der Waals surface area contributed by atoms with Gasteiger partial charge in [-0.3, -0.25) is 4.79 Å². The number of carboxylic acids is 1. The molecule has 32 heavy (non-hydrogen) atoms. The van der Waals surface area contributed by atoms with Crippen LogP contribution in [0.3, 0.4) is 0 Å². The summed E-state index contributed by atoms with van der Waals surface area (Å²) in [4.78, 5) is 11.1. The molecule has 0 saturated carbocycles. The van der Waals surface area contributed by atoms with Crippen LogP contribution in [0.1, 0.15) is 31.5 Å². The van der Waals surface area contributed by atoms with Gasteiger partial charge in [0.25, 0.3) is 0 Å². The van der Waals surface area contributed by atoms with Crippen molar-refractivity contribution in [3.05, 3.63) is 108 Å². The van der Waals surface area contributed by atoms with Crippen molar-refractivity contribution in [2.24, 2.45) is 0 Å². The van der Waals surface area contributed by atoms with Crippen LogP contribution < -0.4 is 0 Å². The summed E-state index contributed by atoms with van der Waals surface area (Å²) in [7, 11) is 0. The lowest BCUT2D eigenvalue weighted by Gasteiger charge is -2.15. The summed E-state index contributed by atoms with van der Waals surface area (Å²) in [6.45, 7) is 4.22. The zero-order chi connectivity index (χ0) is 22.5. The van der Waals surface area contributed by atoms with Crippen molar-refractivity contribution in [2.45, 2.75) is 26.7 Å². The number of hydrogen-bond acceptors (Lipinski definition) is 1. The molecule has 0 atom stereocenters. The number of hydrogen-bond donors (Lipinski definition) is 1. The highest BCUT2D eigenvalue weighted by Gasteiger charge is 2.18. The van der Waals surface area contributed by atoms with Crippen molar-refractivity contribution >= 4 is 12.0 Å². The molecule has 0 spiro atoms. The molecule has 1 heterocycles. The predicted octanol–water partition coefficient (Wildman–Crippen LogP) is 7.25. The van der Waals surface area contributed by atoms with Crippen molar-refractivity contribution in [3.8, 4) is 28.1 Å². The first kappa shape index (κ1) is 21.4. The van der Waals surface area contributed by atoms with E-state index in [9.17, 15) is 4.79 Å². The Morgan fingerprint density at radius 3 is 2.12 bits per heavy atom. The lowest BCUT2D eigenvalue weighted by atomic mass is 10.0. The molecule has 0 bridgehead atoms. The molecule has 160 valence electrons. The van der Waals surface area contributed by atoms with Crippen LogP contribution >= 0.6 is 0 Å². The van der Waals surface area contributed by atoms with Gasteiger partial charge in [0.1, 0.15) is 0 Å². The molecule has 4 rings (SSSR count). The molecule has 1 N–H and O–H groups in total. The van der Waals surface area contributed by atoms with E-state index >= 15 is 0 Å². The van der Waals surface area contributed by atoms with E-state index in [1.807, 2.05) is 24.3 Å². The van der Waals surface area contributed by atoms with E-state index in [0.717, 1.165) is 33.8 Å². The molecule has 0 aliphatic rings. The number of aromatic nitrogens is 1. The smallest absolute Gasteiger partial charge is 0.303 e. The average Bonchev–Trinajstić information content (AvgIpc) is 3.17. The van der Waals surface area contributed by atoms with E-state index in [1.54, 1.807) is 0 Å². The number of carboxylic acid groups (broad SMARTS) is 1. The third-order valence-corrected chi connectivity index (χ3v) is 5.41. The fourth-order valence-corrected chi connectivity index (χ4v) is 3.99. The topological polar surface area (TPSA) is 42.2 Å². The maximum Gasteiger partial charge on any atom is 0.303 e. The van der Waals surface area contributed by atoms with Crippen LogP contribution in [-0.4, -0.2) is 15.6 Å². The quantitative estimate of drug-likeness (QED) is 0.341. The highest BCUT2D eigenvalue weighted by Crippen LogP contribution is 2.37. The Morgan fingerprint density at radius 1 is 0.844 bits per heavy atom. The lowest BCUT2D eigenvalue weighted by molar-refractivity contribution is -0.136. The molecule has 0 fully saturated rings. The molecule has 3 heteroatoms. The minimum Gasteiger partial charge on any atom is -0.481 e. The first-order valence-electron chi connectivity index (χ1n) is 10.9. The molecule has 4 aromatic rings. The Hall–Kier alpha value is -3.85. The van der Waals surface area contributed by atoms with Gasteiger partial charge < -0.3 is 9.67 Å². The summed E-state index contributed by atoms with van der Waals surface area (Å²) in [6.07, 6.45) is 2.85. The zero-order valence-electron chi connectivity index (χ0n) is 18.5. The first-order valence-corrected chi connectivity index (χ1v) is 10.9. The highest BCUT2D eigenvalue weighted by molar-refractivity contribution is 5.83. The molecule has 3 nitrogen and oxygen atoms in total. The van der Waals surface area contributed by atoms with Gasteiger partial charge in [-0.1, -0.05) is 78.4 Å². The molecule has 3 aromatic carbocycles. The number of allylic oxidation sites excluding steroid dienone is 1. The van der Waals surface area contributed by atoms with Crippen LogP contribution in [0.5, 0.6) is 0 Å². The molecule has 1 aromatic heterocycles. The Bertz CT molecular complexity index is 1250. The normalized spacial score (nSPS) is 10.7. The molecule has 0 unspecified atom stereocenters. The predicted molar refractivity (Wildman–Crippen MR) is 132 cm³/mol. The van der Waals surface area contributed by atoms with Crippen LogP contribution in [0.25, 0.3) is 34.1 Å². The molecule has 0 radical (unpaired) electrons. The average molecular weight is 422 g/mol. The maximum atomic E-state index is 11.1. The minimum atomic E-state index is -0.780. The fourth-order valence-electron chi connectivity index (χ4n) is 3.99. The zero-order valence-corrected chi connectivity index (χ0v) is 18.5. The van der Waals surface area contributed by atoms with Crippen LogP contribution in [0.2, 0.25) is 0 Å². The van der Waals surface area contributed by atoms with E-state index in [1.165, 1.54) is 11.1 Å². The number of aryl methyl sites for hydroxylation is 1. The lowest BCUT2D eigenvalue weighted by Crippen LogP contribution is -2.02. The van der Waals surface area contributed by atoms with Gasteiger partial charge in [0.15, 0.2) is 0 Å². The van der Waals surface area contributed by atoms with Crippen molar-refractivity contribution in [1.29, 1.82) is 0 Å². The molecule has 0 aliphatic heterocycles. The fraction of sp³-hybridized carbons (Fsp3) is 0.138. The van der Waals surface area contributed by atoms with Gasteiger partial charge in [-0.15, -0.1) is 0 Å². The Kier molecular flexibility index (Phi) is 6.37. The SMILES string of the molecule is CC(C)=Cc1c(-c2ccccc2)cc(-c2ccccc2)n1-c1cccc(CCC(=O)O)c1. The summed E-state index contributed by atoms with van der Waals surface area (Å²) in [5.74, 6) is -0.780. The second-order valence-electron chi connectivity index (χ2n) is 8.18. The van der Waals surface area contributed by atoms with E-state index < -0.39 is 5.97 Å². The minimum absolute atomic E-state index is 0.122. The Morgan fingerprint density at radius 2 is 1.50 bits per heavy atom. The Labute approximate surface area is 189 Å². The van der Waals surface area contributed by atoms with Crippen molar-refractivity contribution in [1.82, 2.24) is 4.57 Å². The summed E-state index contributed by atoms with van der Waals surface area (Å²) < 4.78 is 2.29. The second-order valence-corrected chi connectivity index (χ2v) is 8.18. The van der Waals surface area contributed by atoms with Gasteiger partial charge in [-0.2, -0.15) is 0 Å². The van der Waals surface area contributed by atoms with Gasteiger partial charge in [0, 0.05) is 17.7 Å². The molecule has 0 saturated heterocycles. The van der Waals surface area contributed by atoms with Crippen LogP contribution in [0.4, 0.5) is 0 Å². The van der Waals surface area contributed by atoms with Gasteiger partial charge in [-0.05, 0) is 61.2 Å². The van der Waals surface area contributed by atoms with Crippen LogP contribution in [0.15, 0.2) is 96.6 Å². The second kappa shape index (κ2) is 9.52. The summed E-state index contributed by atoms with van der Waals surface area (Å²) in [6, 6.07) is 31.3. The van der Waals surface area contributed by atoms with E-state index in [2.05, 4.69) is 91.2 Å². The molecular weight excluding hydrogens is 394 g/mol. The Balaban J connectivity index is 1.98. The van der Waals surface area contributed by atoms with Crippen molar-refractivity contribution in [2.75, 3.05) is 0 Å².